The lowest BCUT2D eigenvalue weighted by molar-refractivity contribution is -0.117. The van der Waals surface area contributed by atoms with Gasteiger partial charge in [0, 0.05) is 22.7 Å². The Morgan fingerprint density at radius 2 is 2.07 bits per heavy atom. The zero-order valence-electron chi connectivity index (χ0n) is 15.3. The Labute approximate surface area is 163 Å². The summed E-state index contributed by atoms with van der Waals surface area (Å²) < 4.78 is 24.7. The molecule has 0 aliphatic carbocycles. The van der Waals surface area contributed by atoms with Crippen molar-refractivity contribution < 1.29 is 18.7 Å². The number of ether oxygens (including phenoxy) is 2. The van der Waals surface area contributed by atoms with E-state index in [1.807, 2.05) is 18.2 Å². The summed E-state index contributed by atoms with van der Waals surface area (Å²) in [6, 6.07) is 9.94. The van der Waals surface area contributed by atoms with Crippen LogP contribution in [-0.2, 0) is 4.79 Å². The monoisotopic (exact) mass is 392 g/mol. The summed E-state index contributed by atoms with van der Waals surface area (Å²) in [5.74, 6) is 0.632. The lowest BCUT2D eigenvalue weighted by Crippen LogP contribution is -2.33. The van der Waals surface area contributed by atoms with E-state index in [0.29, 0.717) is 0 Å². The molecule has 0 aromatic heterocycles. The maximum Gasteiger partial charge on any atom is 0.238 e. The molecule has 2 aromatic rings. The molecule has 2 aromatic carbocycles. The minimum absolute atomic E-state index is 0.0617. The molecule has 0 bridgehead atoms. The molecule has 1 atom stereocenters. The molecule has 1 saturated heterocycles. The standard InChI is InChI=1S/C20H22ClFN2O3/c1-26-14-6-7-15(19(11-14)27-2)18-4-3-9-24(18)12-20(25)23-17-8-5-13(21)10-16(17)22/h5-8,10-11,18H,3-4,9,12H2,1-2H3,(H,23,25)/t18-/m0/s1. The number of anilines is 1. The van der Waals surface area contributed by atoms with E-state index in [2.05, 4.69) is 10.2 Å². The molecule has 1 N–H and O–H groups in total. The van der Waals surface area contributed by atoms with Crippen molar-refractivity contribution in [3.63, 3.8) is 0 Å². The summed E-state index contributed by atoms with van der Waals surface area (Å²) >= 11 is 5.75. The second-order valence-electron chi connectivity index (χ2n) is 6.41. The normalized spacial score (nSPS) is 17.0. The molecular formula is C20H22ClFN2O3. The number of carbonyl (C=O) groups excluding carboxylic acids is 1. The van der Waals surface area contributed by atoms with Gasteiger partial charge in [0.2, 0.25) is 5.91 Å². The van der Waals surface area contributed by atoms with Gasteiger partial charge in [-0.1, -0.05) is 17.7 Å². The number of nitrogens with zero attached hydrogens (tertiary/aromatic N) is 1. The second kappa shape index (κ2) is 8.59. The summed E-state index contributed by atoms with van der Waals surface area (Å²) in [5, 5.41) is 2.91. The molecule has 1 amide bonds. The average Bonchev–Trinajstić information content (AvgIpc) is 3.11. The number of halogens is 2. The van der Waals surface area contributed by atoms with Crippen molar-refractivity contribution in [1.82, 2.24) is 4.90 Å². The van der Waals surface area contributed by atoms with Gasteiger partial charge in [0.15, 0.2) is 0 Å². The third-order valence-electron chi connectivity index (χ3n) is 4.72. The number of hydrogen-bond donors (Lipinski definition) is 1. The number of amides is 1. The maximum absolute atomic E-state index is 13.9. The summed E-state index contributed by atoms with van der Waals surface area (Å²) in [5.41, 5.74) is 1.14. The Bertz CT molecular complexity index is 831. The number of nitrogens with one attached hydrogen (secondary N) is 1. The van der Waals surface area contributed by atoms with Crippen LogP contribution in [-0.4, -0.2) is 38.1 Å². The lowest BCUT2D eigenvalue weighted by Gasteiger charge is -2.26. The number of rotatable bonds is 6. The first-order valence-electron chi connectivity index (χ1n) is 8.72. The highest BCUT2D eigenvalue weighted by Crippen LogP contribution is 2.38. The van der Waals surface area contributed by atoms with E-state index in [1.54, 1.807) is 20.3 Å². The van der Waals surface area contributed by atoms with Crippen molar-refractivity contribution in [2.45, 2.75) is 18.9 Å². The molecule has 0 radical (unpaired) electrons. The smallest absolute Gasteiger partial charge is 0.238 e. The minimum Gasteiger partial charge on any atom is -0.497 e. The van der Waals surface area contributed by atoms with Gasteiger partial charge in [-0.2, -0.15) is 0 Å². The molecule has 7 heteroatoms. The topological polar surface area (TPSA) is 50.8 Å². The van der Waals surface area contributed by atoms with E-state index in [-0.39, 0.29) is 29.2 Å². The molecule has 1 heterocycles. The van der Waals surface area contributed by atoms with Crippen LogP contribution < -0.4 is 14.8 Å². The zero-order valence-corrected chi connectivity index (χ0v) is 16.1. The first kappa shape index (κ1) is 19.5. The van der Waals surface area contributed by atoms with Crippen LogP contribution in [0.1, 0.15) is 24.4 Å². The van der Waals surface area contributed by atoms with E-state index in [0.717, 1.165) is 36.4 Å². The Morgan fingerprint density at radius 3 is 2.78 bits per heavy atom. The van der Waals surface area contributed by atoms with E-state index in [4.69, 9.17) is 21.1 Å². The zero-order chi connectivity index (χ0) is 19.4. The number of carbonyl (C=O) groups is 1. The average molecular weight is 393 g/mol. The molecule has 1 aliphatic heterocycles. The fraction of sp³-hybridized carbons (Fsp3) is 0.350. The fourth-order valence-corrected chi connectivity index (χ4v) is 3.59. The van der Waals surface area contributed by atoms with Crippen LogP contribution in [0.25, 0.3) is 0 Å². The van der Waals surface area contributed by atoms with Gasteiger partial charge >= 0.3 is 0 Å². The van der Waals surface area contributed by atoms with Gasteiger partial charge in [-0.3, -0.25) is 9.69 Å². The molecule has 5 nitrogen and oxygen atoms in total. The molecule has 0 unspecified atom stereocenters. The van der Waals surface area contributed by atoms with E-state index in [9.17, 15) is 9.18 Å². The molecule has 27 heavy (non-hydrogen) atoms. The van der Waals surface area contributed by atoms with Crippen LogP contribution in [0.4, 0.5) is 10.1 Å². The molecule has 1 aliphatic rings. The fourth-order valence-electron chi connectivity index (χ4n) is 3.43. The van der Waals surface area contributed by atoms with Crippen LogP contribution in [0, 0.1) is 5.82 Å². The number of likely N-dealkylation sites (tertiary alicyclic amines) is 1. The summed E-state index contributed by atoms with van der Waals surface area (Å²) in [4.78, 5) is 14.5. The summed E-state index contributed by atoms with van der Waals surface area (Å²) in [6.45, 7) is 0.957. The van der Waals surface area contributed by atoms with Gasteiger partial charge in [0.05, 0.1) is 26.5 Å². The van der Waals surface area contributed by atoms with Gasteiger partial charge in [-0.25, -0.2) is 4.39 Å². The Morgan fingerprint density at radius 1 is 1.26 bits per heavy atom. The van der Waals surface area contributed by atoms with Crippen molar-refractivity contribution in [3.8, 4) is 11.5 Å². The highest BCUT2D eigenvalue weighted by molar-refractivity contribution is 6.30. The molecule has 3 rings (SSSR count). The number of benzene rings is 2. The highest BCUT2D eigenvalue weighted by Gasteiger charge is 2.30. The van der Waals surface area contributed by atoms with Crippen molar-refractivity contribution >= 4 is 23.2 Å². The van der Waals surface area contributed by atoms with Crippen LogP contribution in [0.3, 0.4) is 0 Å². The van der Waals surface area contributed by atoms with E-state index in [1.165, 1.54) is 12.1 Å². The van der Waals surface area contributed by atoms with Crippen molar-refractivity contribution in [2.24, 2.45) is 0 Å². The van der Waals surface area contributed by atoms with Gasteiger partial charge in [0.25, 0.3) is 0 Å². The Balaban J connectivity index is 1.72. The van der Waals surface area contributed by atoms with E-state index < -0.39 is 5.82 Å². The third-order valence-corrected chi connectivity index (χ3v) is 4.95. The van der Waals surface area contributed by atoms with Crippen molar-refractivity contribution in [2.75, 3.05) is 32.6 Å². The molecule has 0 saturated carbocycles. The predicted molar refractivity (Wildman–Crippen MR) is 103 cm³/mol. The lowest BCUT2D eigenvalue weighted by atomic mass is 10.0. The van der Waals surface area contributed by atoms with Crippen LogP contribution >= 0.6 is 11.6 Å². The van der Waals surface area contributed by atoms with Crippen LogP contribution in [0.5, 0.6) is 11.5 Å². The van der Waals surface area contributed by atoms with Gasteiger partial charge in [0.1, 0.15) is 17.3 Å². The Hall–Kier alpha value is -2.31. The maximum atomic E-state index is 13.9. The molecule has 0 spiro atoms. The quantitative estimate of drug-likeness (QED) is 0.797. The molecule has 1 fully saturated rings. The third kappa shape index (κ3) is 4.51. The Kier molecular flexibility index (Phi) is 6.19. The highest BCUT2D eigenvalue weighted by atomic mass is 35.5. The summed E-state index contributed by atoms with van der Waals surface area (Å²) in [6.07, 6.45) is 1.90. The first-order chi connectivity index (χ1) is 13.0. The predicted octanol–water partition coefficient (Wildman–Crippen LogP) is 4.27. The first-order valence-corrected chi connectivity index (χ1v) is 9.10. The van der Waals surface area contributed by atoms with Crippen molar-refractivity contribution in [3.05, 3.63) is 52.8 Å². The summed E-state index contributed by atoms with van der Waals surface area (Å²) in [7, 11) is 3.23. The van der Waals surface area contributed by atoms with Gasteiger partial charge in [-0.15, -0.1) is 0 Å². The largest absolute Gasteiger partial charge is 0.497 e. The van der Waals surface area contributed by atoms with Crippen molar-refractivity contribution in [1.29, 1.82) is 0 Å². The van der Waals surface area contributed by atoms with Crippen LogP contribution in [0.15, 0.2) is 36.4 Å². The second-order valence-corrected chi connectivity index (χ2v) is 6.85. The number of methoxy groups -OCH3 is 2. The SMILES string of the molecule is COc1ccc([C@@H]2CCCN2CC(=O)Nc2ccc(Cl)cc2F)c(OC)c1. The minimum atomic E-state index is -0.550. The van der Waals surface area contributed by atoms with E-state index >= 15 is 0 Å². The van der Waals surface area contributed by atoms with Crippen LogP contribution in [0.2, 0.25) is 5.02 Å². The van der Waals surface area contributed by atoms with Gasteiger partial charge < -0.3 is 14.8 Å². The number of hydrogen-bond acceptors (Lipinski definition) is 4. The van der Waals surface area contributed by atoms with Gasteiger partial charge in [-0.05, 0) is 43.7 Å². The molecular weight excluding hydrogens is 371 g/mol. The molecule has 144 valence electrons.